The first kappa shape index (κ1) is 10.1. The molecule has 1 aliphatic rings. The Labute approximate surface area is 99.7 Å². The lowest BCUT2D eigenvalue weighted by atomic mass is 9.97. The van der Waals surface area contributed by atoms with Crippen molar-refractivity contribution in [2.75, 3.05) is 7.11 Å². The maximum Gasteiger partial charge on any atom is 0.218 e. The Bertz CT molecular complexity index is 624. The molecule has 1 aromatic carbocycles. The number of para-hydroxylation sites is 1. The third-order valence-electron chi connectivity index (χ3n) is 3.36. The van der Waals surface area contributed by atoms with Crippen LogP contribution in [0.4, 0.5) is 0 Å². The molecule has 0 saturated heterocycles. The van der Waals surface area contributed by atoms with Gasteiger partial charge in [-0.05, 0) is 25.0 Å². The predicted octanol–water partition coefficient (Wildman–Crippen LogP) is 2.80. The van der Waals surface area contributed by atoms with E-state index < -0.39 is 0 Å². The smallest absolute Gasteiger partial charge is 0.218 e. The van der Waals surface area contributed by atoms with Crippen molar-refractivity contribution in [3.8, 4) is 11.9 Å². The van der Waals surface area contributed by atoms with Crippen LogP contribution in [-0.4, -0.2) is 12.1 Å². The van der Waals surface area contributed by atoms with Crippen molar-refractivity contribution < 1.29 is 4.74 Å². The average Bonchev–Trinajstić information content (AvgIpc) is 3.18. The largest absolute Gasteiger partial charge is 0.481 e. The Balaban J connectivity index is 2.27. The molecule has 1 fully saturated rings. The summed E-state index contributed by atoms with van der Waals surface area (Å²) in [5.74, 6) is 0.586. The van der Waals surface area contributed by atoms with E-state index in [-0.39, 0.29) is 5.41 Å². The average molecular weight is 224 g/mol. The minimum atomic E-state index is -0.359. The van der Waals surface area contributed by atoms with E-state index in [2.05, 4.69) is 11.1 Å². The lowest BCUT2D eigenvalue weighted by molar-refractivity contribution is 0.392. The van der Waals surface area contributed by atoms with Gasteiger partial charge in [-0.2, -0.15) is 5.26 Å². The number of hydrogen-bond donors (Lipinski definition) is 0. The summed E-state index contributed by atoms with van der Waals surface area (Å²) in [6.07, 6.45) is 1.81. The van der Waals surface area contributed by atoms with Gasteiger partial charge in [0.2, 0.25) is 5.88 Å². The Kier molecular flexibility index (Phi) is 2.05. The molecule has 0 unspecified atom stereocenters. The summed E-state index contributed by atoms with van der Waals surface area (Å²) in [7, 11) is 1.61. The standard InChI is InChI=1S/C14H12N2O/c1-17-13-11(14(9-15)6-7-14)8-10-4-2-3-5-12(10)16-13/h2-5,8H,6-7H2,1H3. The second kappa shape index (κ2) is 3.46. The third-order valence-corrected chi connectivity index (χ3v) is 3.36. The van der Waals surface area contributed by atoms with Crippen LogP contribution in [0.1, 0.15) is 18.4 Å². The fourth-order valence-electron chi connectivity index (χ4n) is 2.16. The van der Waals surface area contributed by atoms with Gasteiger partial charge in [-0.3, -0.25) is 0 Å². The molecule has 0 aliphatic heterocycles. The quantitative estimate of drug-likeness (QED) is 0.788. The van der Waals surface area contributed by atoms with Gasteiger partial charge < -0.3 is 4.74 Å². The number of aromatic nitrogens is 1. The van der Waals surface area contributed by atoms with Gasteiger partial charge in [0.05, 0.1) is 24.1 Å². The Morgan fingerprint density at radius 3 is 2.76 bits per heavy atom. The monoisotopic (exact) mass is 224 g/mol. The van der Waals surface area contributed by atoms with Crippen LogP contribution in [0.15, 0.2) is 30.3 Å². The number of hydrogen-bond acceptors (Lipinski definition) is 3. The molecule has 3 rings (SSSR count). The summed E-state index contributed by atoms with van der Waals surface area (Å²) in [4.78, 5) is 4.47. The highest BCUT2D eigenvalue weighted by Crippen LogP contribution is 2.50. The van der Waals surface area contributed by atoms with Gasteiger partial charge in [0.1, 0.15) is 0 Å². The van der Waals surface area contributed by atoms with Crippen LogP contribution in [0, 0.1) is 11.3 Å². The van der Waals surface area contributed by atoms with E-state index in [0.29, 0.717) is 5.88 Å². The number of pyridine rings is 1. The molecule has 1 aromatic heterocycles. The number of nitriles is 1. The summed E-state index contributed by atoms with van der Waals surface area (Å²) < 4.78 is 5.32. The SMILES string of the molecule is COc1nc2ccccc2cc1C1(C#N)CC1. The van der Waals surface area contributed by atoms with Crippen molar-refractivity contribution in [3.05, 3.63) is 35.9 Å². The molecule has 1 saturated carbocycles. The van der Waals surface area contributed by atoms with Crippen molar-refractivity contribution in [2.24, 2.45) is 0 Å². The molecule has 0 amide bonds. The summed E-state index contributed by atoms with van der Waals surface area (Å²) >= 11 is 0. The maximum absolute atomic E-state index is 9.27. The first-order valence-corrected chi connectivity index (χ1v) is 5.65. The molecule has 0 bridgehead atoms. The summed E-state index contributed by atoms with van der Waals surface area (Å²) in [6, 6.07) is 12.3. The van der Waals surface area contributed by atoms with Gasteiger partial charge in [0.25, 0.3) is 0 Å². The van der Waals surface area contributed by atoms with Gasteiger partial charge in [-0.15, -0.1) is 0 Å². The molecule has 1 aliphatic carbocycles. The molecule has 0 atom stereocenters. The molecule has 2 aromatic rings. The van der Waals surface area contributed by atoms with E-state index in [0.717, 1.165) is 29.3 Å². The number of benzene rings is 1. The second-order valence-corrected chi connectivity index (χ2v) is 4.43. The van der Waals surface area contributed by atoms with Crippen LogP contribution >= 0.6 is 0 Å². The van der Waals surface area contributed by atoms with E-state index in [1.807, 2.05) is 30.3 Å². The molecule has 0 N–H and O–H groups in total. The van der Waals surface area contributed by atoms with Crippen molar-refractivity contribution in [1.29, 1.82) is 5.26 Å². The van der Waals surface area contributed by atoms with Crippen LogP contribution < -0.4 is 4.74 Å². The Hall–Kier alpha value is -2.08. The van der Waals surface area contributed by atoms with Gasteiger partial charge in [-0.25, -0.2) is 4.98 Å². The van der Waals surface area contributed by atoms with Gasteiger partial charge >= 0.3 is 0 Å². The van der Waals surface area contributed by atoms with Gasteiger partial charge in [-0.1, -0.05) is 18.2 Å². The second-order valence-electron chi connectivity index (χ2n) is 4.43. The Morgan fingerprint density at radius 2 is 2.12 bits per heavy atom. The summed E-state index contributed by atoms with van der Waals surface area (Å²) in [5, 5.41) is 10.3. The zero-order valence-electron chi connectivity index (χ0n) is 9.60. The zero-order chi connectivity index (χ0) is 11.9. The fourth-order valence-corrected chi connectivity index (χ4v) is 2.16. The van der Waals surface area contributed by atoms with Crippen LogP contribution in [0.5, 0.6) is 5.88 Å². The first-order valence-electron chi connectivity index (χ1n) is 5.65. The van der Waals surface area contributed by atoms with Crippen LogP contribution in [0.2, 0.25) is 0 Å². The lowest BCUT2D eigenvalue weighted by Gasteiger charge is -2.12. The van der Waals surface area contributed by atoms with Crippen LogP contribution in [0.25, 0.3) is 10.9 Å². The third kappa shape index (κ3) is 1.45. The highest BCUT2D eigenvalue weighted by Gasteiger charge is 2.47. The molecule has 0 spiro atoms. The number of fused-ring (bicyclic) bond motifs is 1. The number of nitrogens with zero attached hydrogens (tertiary/aromatic N) is 2. The van der Waals surface area contributed by atoms with Crippen molar-refractivity contribution >= 4 is 10.9 Å². The fraction of sp³-hybridized carbons (Fsp3) is 0.286. The summed E-state index contributed by atoms with van der Waals surface area (Å²) in [6.45, 7) is 0. The van der Waals surface area contributed by atoms with Gasteiger partial charge in [0.15, 0.2) is 0 Å². The predicted molar refractivity (Wildman–Crippen MR) is 64.8 cm³/mol. The van der Waals surface area contributed by atoms with Crippen LogP contribution in [-0.2, 0) is 5.41 Å². The maximum atomic E-state index is 9.27. The lowest BCUT2D eigenvalue weighted by Crippen LogP contribution is -2.07. The van der Waals surface area contributed by atoms with Crippen molar-refractivity contribution in [3.63, 3.8) is 0 Å². The molecule has 84 valence electrons. The molecule has 0 radical (unpaired) electrons. The number of methoxy groups -OCH3 is 1. The van der Waals surface area contributed by atoms with E-state index in [4.69, 9.17) is 4.74 Å². The molecule has 3 heteroatoms. The van der Waals surface area contributed by atoms with E-state index in [1.165, 1.54) is 0 Å². The molecular weight excluding hydrogens is 212 g/mol. The highest BCUT2D eigenvalue weighted by molar-refractivity contribution is 5.80. The zero-order valence-corrected chi connectivity index (χ0v) is 9.60. The summed E-state index contributed by atoms with van der Waals surface area (Å²) in [5.41, 5.74) is 1.48. The normalized spacial score (nSPS) is 16.5. The van der Waals surface area contributed by atoms with Crippen molar-refractivity contribution in [2.45, 2.75) is 18.3 Å². The first-order chi connectivity index (χ1) is 8.29. The van der Waals surface area contributed by atoms with Crippen LogP contribution in [0.3, 0.4) is 0 Å². The number of rotatable bonds is 2. The van der Waals surface area contributed by atoms with E-state index in [9.17, 15) is 5.26 Å². The highest BCUT2D eigenvalue weighted by atomic mass is 16.5. The molecule has 3 nitrogen and oxygen atoms in total. The minimum absolute atomic E-state index is 0.359. The van der Waals surface area contributed by atoms with E-state index in [1.54, 1.807) is 7.11 Å². The Morgan fingerprint density at radius 1 is 1.35 bits per heavy atom. The molecule has 1 heterocycles. The number of ether oxygens (including phenoxy) is 1. The van der Waals surface area contributed by atoms with Crippen molar-refractivity contribution in [1.82, 2.24) is 4.98 Å². The minimum Gasteiger partial charge on any atom is -0.481 e. The van der Waals surface area contributed by atoms with E-state index >= 15 is 0 Å². The molecular formula is C14H12N2O. The van der Waals surface area contributed by atoms with Gasteiger partial charge in [0, 0.05) is 10.9 Å². The topological polar surface area (TPSA) is 45.9 Å². The molecule has 17 heavy (non-hydrogen) atoms.